The van der Waals surface area contributed by atoms with Crippen molar-refractivity contribution >= 4 is 11.8 Å². The van der Waals surface area contributed by atoms with Gasteiger partial charge in [0.2, 0.25) is 0 Å². The van der Waals surface area contributed by atoms with Gasteiger partial charge in [0.1, 0.15) is 0 Å². The third kappa shape index (κ3) is 3.40. The third-order valence-corrected chi connectivity index (χ3v) is 5.83. The topological polar surface area (TPSA) is 12.0 Å². The van der Waals surface area contributed by atoms with E-state index in [1.165, 1.54) is 69.4 Å². The lowest BCUT2D eigenvalue weighted by Gasteiger charge is -2.39. The minimum absolute atomic E-state index is 0.514. The summed E-state index contributed by atoms with van der Waals surface area (Å²) in [6.45, 7) is 3.63. The van der Waals surface area contributed by atoms with Crippen LogP contribution in [0.25, 0.3) is 0 Å². The van der Waals surface area contributed by atoms with Crippen molar-refractivity contribution in [1.29, 1.82) is 0 Å². The molecular formula is C14H27NS. The average molecular weight is 241 g/mol. The van der Waals surface area contributed by atoms with Gasteiger partial charge in [-0.3, -0.25) is 0 Å². The Kier molecular flexibility index (Phi) is 5.02. The van der Waals surface area contributed by atoms with E-state index in [2.05, 4.69) is 24.0 Å². The largest absolute Gasteiger partial charge is 0.311 e. The maximum Gasteiger partial charge on any atom is 0.0179 e. The molecule has 0 bridgehead atoms. The highest BCUT2D eigenvalue weighted by molar-refractivity contribution is 7.99. The zero-order valence-corrected chi connectivity index (χ0v) is 11.6. The fraction of sp³-hybridized carbons (Fsp3) is 1.00. The van der Waals surface area contributed by atoms with Crippen LogP contribution in [0.4, 0.5) is 0 Å². The normalized spacial score (nSPS) is 36.2. The molecule has 0 radical (unpaired) electrons. The van der Waals surface area contributed by atoms with Gasteiger partial charge in [-0.2, -0.15) is 11.8 Å². The number of thioether (sulfide) groups is 1. The smallest absolute Gasteiger partial charge is 0.0179 e. The number of nitrogens with one attached hydrogen (secondary N) is 1. The lowest BCUT2D eigenvalue weighted by Crippen LogP contribution is -2.48. The molecule has 1 N–H and O–H groups in total. The molecule has 2 heterocycles. The lowest BCUT2D eigenvalue weighted by atomic mass is 9.80. The van der Waals surface area contributed by atoms with Gasteiger partial charge in [-0.25, -0.2) is 0 Å². The Morgan fingerprint density at radius 2 is 2.25 bits per heavy atom. The van der Waals surface area contributed by atoms with E-state index in [1.807, 2.05) is 0 Å². The highest BCUT2D eigenvalue weighted by Gasteiger charge is 2.30. The highest BCUT2D eigenvalue weighted by Crippen LogP contribution is 2.32. The molecule has 2 saturated heterocycles. The van der Waals surface area contributed by atoms with Crippen molar-refractivity contribution in [1.82, 2.24) is 5.32 Å². The third-order valence-electron chi connectivity index (χ3n) is 4.54. The Morgan fingerprint density at radius 3 is 2.88 bits per heavy atom. The van der Waals surface area contributed by atoms with Gasteiger partial charge in [0.25, 0.3) is 0 Å². The van der Waals surface area contributed by atoms with Crippen LogP contribution in [-0.4, -0.2) is 23.6 Å². The minimum atomic E-state index is 0.514. The SMILES string of the molecule is CCC1(CCC2CCCSC2)CCCCN1. The quantitative estimate of drug-likeness (QED) is 0.803. The molecule has 0 amide bonds. The van der Waals surface area contributed by atoms with Crippen molar-refractivity contribution in [3.63, 3.8) is 0 Å². The summed E-state index contributed by atoms with van der Waals surface area (Å²) < 4.78 is 0. The molecule has 94 valence electrons. The number of hydrogen-bond donors (Lipinski definition) is 1. The van der Waals surface area contributed by atoms with Gasteiger partial charge >= 0.3 is 0 Å². The molecule has 2 rings (SSSR count). The second-order valence-electron chi connectivity index (χ2n) is 5.64. The van der Waals surface area contributed by atoms with E-state index in [9.17, 15) is 0 Å². The molecule has 0 aromatic rings. The average Bonchev–Trinajstić information content (AvgIpc) is 2.39. The first-order valence-corrected chi connectivity index (χ1v) is 8.33. The standard InChI is InChI=1S/C14H27NS/c1-2-14(8-3-4-10-15-14)9-7-13-6-5-11-16-12-13/h13,15H,2-12H2,1H3. The number of piperidine rings is 1. The van der Waals surface area contributed by atoms with Crippen LogP contribution in [0.5, 0.6) is 0 Å². The van der Waals surface area contributed by atoms with Crippen LogP contribution < -0.4 is 5.32 Å². The van der Waals surface area contributed by atoms with Gasteiger partial charge in [-0.1, -0.05) is 13.3 Å². The summed E-state index contributed by atoms with van der Waals surface area (Å²) in [5.41, 5.74) is 0.514. The van der Waals surface area contributed by atoms with E-state index in [1.54, 1.807) is 0 Å². The molecule has 2 aliphatic heterocycles. The van der Waals surface area contributed by atoms with Gasteiger partial charge in [-0.15, -0.1) is 0 Å². The molecular weight excluding hydrogens is 214 g/mol. The second-order valence-corrected chi connectivity index (χ2v) is 6.79. The predicted octanol–water partition coefficient (Wildman–Crippen LogP) is 3.83. The Morgan fingerprint density at radius 1 is 1.31 bits per heavy atom. The monoisotopic (exact) mass is 241 g/mol. The van der Waals surface area contributed by atoms with Crippen LogP contribution in [0.15, 0.2) is 0 Å². The van der Waals surface area contributed by atoms with Crippen LogP contribution in [0.2, 0.25) is 0 Å². The van der Waals surface area contributed by atoms with Crippen LogP contribution >= 0.6 is 11.8 Å². The highest BCUT2D eigenvalue weighted by atomic mass is 32.2. The van der Waals surface area contributed by atoms with Crippen molar-refractivity contribution in [3.8, 4) is 0 Å². The van der Waals surface area contributed by atoms with E-state index in [4.69, 9.17) is 0 Å². The summed E-state index contributed by atoms with van der Waals surface area (Å²) in [6.07, 6.45) is 11.4. The summed E-state index contributed by atoms with van der Waals surface area (Å²) >= 11 is 2.18. The Labute approximate surface area is 105 Å². The second kappa shape index (κ2) is 6.30. The molecule has 16 heavy (non-hydrogen) atoms. The molecule has 0 aromatic heterocycles. The summed E-state index contributed by atoms with van der Waals surface area (Å²) in [5.74, 6) is 3.86. The van der Waals surface area contributed by atoms with Gasteiger partial charge in [0.05, 0.1) is 0 Å². The molecule has 1 nitrogen and oxygen atoms in total. The maximum absolute atomic E-state index is 3.82. The van der Waals surface area contributed by atoms with E-state index >= 15 is 0 Å². The summed E-state index contributed by atoms with van der Waals surface area (Å²) in [7, 11) is 0. The van der Waals surface area contributed by atoms with E-state index in [-0.39, 0.29) is 0 Å². The molecule has 0 aromatic carbocycles. The first-order valence-electron chi connectivity index (χ1n) is 7.17. The van der Waals surface area contributed by atoms with Crippen LogP contribution in [-0.2, 0) is 0 Å². The predicted molar refractivity (Wildman–Crippen MR) is 74.2 cm³/mol. The van der Waals surface area contributed by atoms with Crippen LogP contribution in [0, 0.1) is 5.92 Å². The molecule has 0 spiro atoms. The molecule has 2 atom stereocenters. The van der Waals surface area contributed by atoms with Crippen LogP contribution in [0.3, 0.4) is 0 Å². The molecule has 2 unspecified atom stereocenters. The van der Waals surface area contributed by atoms with Crippen molar-refractivity contribution in [2.75, 3.05) is 18.1 Å². The van der Waals surface area contributed by atoms with Gasteiger partial charge in [0, 0.05) is 5.54 Å². The summed E-state index contributed by atoms with van der Waals surface area (Å²) in [6, 6.07) is 0. The molecule has 2 heteroatoms. The molecule has 0 saturated carbocycles. The van der Waals surface area contributed by atoms with E-state index < -0.39 is 0 Å². The van der Waals surface area contributed by atoms with Gasteiger partial charge < -0.3 is 5.32 Å². The maximum atomic E-state index is 3.82. The first-order chi connectivity index (χ1) is 7.85. The van der Waals surface area contributed by atoms with Crippen molar-refractivity contribution in [2.24, 2.45) is 5.92 Å². The number of rotatable bonds is 4. The minimum Gasteiger partial charge on any atom is -0.311 e. The van der Waals surface area contributed by atoms with Gasteiger partial charge in [-0.05, 0) is 68.9 Å². The van der Waals surface area contributed by atoms with E-state index in [0.29, 0.717) is 5.54 Å². The Balaban J connectivity index is 1.77. The van der Waals surface area contributed by atoms with Crippen molar-refractivity contribution in [2.45, 2.75) is 63.8 Å². The van der Waals surface area contributed by atoms with Crippen LogP contribution in [0.1, 0.15) is 58.3 Å². The zero-order valence-electron chi connectivity index (χ0n) is 10.8. The fourth-order valence-corrected chi connectivity index (χ4v) is 4.44. The summed E-state index contributed by atoms with van der Waals surface area (Å²) in [4.78, 5) is 0. The van der Waals surface area contributed by atoms with E-state index in [0.717, 1.165) is 5.92 Å². The fourth-order valence-electron chi connectivity index (χ4n) is 3.24. The molecule has 2 fully saturated rings. The Hall–Kier alpha value is 0.310. The number of hydrogen-bond acceptors (Lipinski definition) is 2. The first kappa shape index (κ1) is 12.8. The Bertz CT molecular complexity index is 193. The van der Waals surface area contributed by atoms with Gasteiger partial charge in [0.15, 0.2) is 0 Å². The molecule has 2 aliphatic rings. The van der Waals surface area contributed by atoms with Crippen molar-refractivity contribution < 1.29 is 0 Å². The zero-order chi connectivity index (χ0) is 11.3. The molecule has 0 aliphatic carbocycles. The summed E-state index contributed by atoms with van der Waals surface area (Å²) in [5, 5.41) is 3.82. The van der Waals surface area contributed by atoms with Crippen molar-refractivity contribution in [3.05, 3.63) is 0 Å². The lowest BCUT2D eigenvalue weighted by molar-refractivity contribution is 0.212.